The molecule has 7 heteroatoms. The Balaban J connectivity index is 3.01. The standard InChI is InChI=1S/C11H17FN2O2S2/c1-13-8-9-3-4-10(12)7-11(9)18(15,16)14-5-6-17-2/h3-4,7,13-14H,5-6,8H2,1-2H3. The van der Waals surface area contributed by atoms with E-state index in [1.54, 1.807) is 18.8 Å². The first kappa shape index (κ1) is 15.4. The molecule has 0 spiro atoms. The van der Waals surface area contributed by atoms with Crippen molar-refractivity contribution in [1.82, 2.24) is 10.0 Å². The Bertz CT molecular complexity index is 492. The van der Waals surface area contributed by atoms with Crippen LogP contribution in [-0.2, 0) is 16.6 Å². The van der Waals surface area contributed by atoms with Gasteiger partial charge in [0.1, 0.15) is 5.82 Å². The highest BCUT2D eigenvalue weighted by Gasteiger charge is 2.18. The summed E-state index contributed by atoms with van der Waals surface area (Å²) in [6.07, 6.45) is 1.89. The first-order valence-corrected chi connectivity index (χ1v) is 8.30. The van der Waals surface area contributed by atoms with Crippen LogP contribution >= 0.6 is 11.8 Å². The number of rotatable bonds is 7. The van der Waals surface area contributed by atoms with Gasteiger partial charge in [-0.1, -0.05) is 6.07 Å². The molecule has 0 saturated carbocycles. The maximum absolute atomic E-state index is 13.2. The second kappa shape index (κ2) is 7.08. The molecule has 0 atom stereocenters. The molecule has 0 saturated heterocycles. The van der Waals surface area contributed by atoms with Crippen molar-refractivity contribution < 1.29 is 12.8 Å². The molecular formula is C11H17FN2O2S2. The Hall–Kier alpha value is -0.630. The van der Waals surface area contributed by atoms with Crippen molar-refractivity contribution in [2.24, 2.45) is 0 Å². The Labute approximate surface area is 111 Å². The molecule has 0 unspecified atom stereocenters. The topological polar surface area (TPSA) is 58.2 Å². The molecule has 0 radical (unpaired) electrons. The number of sulfonamides is 1. The molecular weight excluding hydrogens is 275 g/mol. The summed E-state index contributed by atoms with van der Waals surface area (Å²) in [6, 6.07) is 3.79. The molecule has 0 aliphatic carbocycles. The van der Waals surface area contributed by atoms with Crippen LogP contribution in [0.5, 0.6) is 0 Å². The van der Waals surface area contributed by atoms with E-state index in [1.807, 2.05) is 6.26 Å². The van der Waals surface area contributed by atoms with Gasteiger partial charge in [-0.2, -0.15) is 11.8 Å². The molecule has 1 aromatic carbocycles. The molecule has 0 aromatic heterocycles. The third kappa shape index (κ3) is 4.24. The molecule has 1 rings (SSSR count). The third-order valence-electron chi connectivity index (χ3n) is 2.28. The summed E-state index contributed by atoms with van der Waals surface area (Å²) < 4.78 is 39.7. The Kier molecular flexibility index (Phi) is 6.07. The first-order chi connectivity index (χ1) is 8.51. The first-order valence-electron chi connectivity index (χ1n) is 5.43. The van der Waals surface area contributed by atoms with Gasteiger partial charge in [0.05, 0.1) is 4.90 Å². The fourth-order valence-electron chi connectivity index (χ4n) is 1.47. The number of nitrogens with one attached hydrogen (secondary N) is 2. The quantitative estimate of drug-likeness (QED) is 0.741. The number of benzene rings is 1. The van der Waals surface area contributed by atoms with E-state index in [0.717, 1.165) is 6.07 Å². The molecule has 0 bridgehead atoms. The summed E-state index contributed by atoms with van der Waals surface area (Å²) in [4.78, 5) is -0.00190. The monoisotopic (exact) mass is 292 g/mol. The molecule has 0 aliphatic heterocycles. The van der Waals surface area contributed by atoms with Crippen molar-refractivity contribution in [3.05, 3.63) is 29.6 Å². The van der Waals surface area contributed by atoms with Gasteiger partial charge in [0.2, 0.25) is 10.0 Å². The predicted molar refractivity (Wildman–Crippen MR) is 72.7 cm³/mol. The van der Waals surface area contributed by atoms with E-state index in [1.165, 1.54) is 12.1 Å². The van der Waals surface area contributed by atoms with Gasteiger partial charge < -0.3 is 5.32 Å². The van der Waals surface area contributed by atoms with Crippen molar-refractivity contribution in [3.8, 4) is 0 Å². The molecule has 18 heavy (non-hydrogen) atoms. The molecule has 1 aromatic rings. The van der Waals surface area contributed by atoms with E-state index in [0.29, 0.717) is 24.4 Å². The Morgan fingerprint density at radius 2 is 2.11 bits per heavy atom. The van der Waals surface area contributed by atoms with Crippen LogP contribution in [0.3, 0.4) is 0 Å². The van der Waals surface area contributed by atoms with Crippen LogP contribution in [0.1, 0.15) is 5.56 Å². The molecule has 0 fully saturated rings. The number of halogens is 1. The van der Waals surface area contributed by atoms with E-state index in [9.17, 15) is 12.8 Å². The van der Waals surface area contributed by atoms with Gasteiger partial charge in [-0.25, -0.2) is 17.5 Å². The molecule has 102 valence electrons. The van der Waals surface area contributed by atoms with Crippen LogP contribution in [0.25, 0.3) is 0 Å². The van der Waals surface area contributed by atoms with Crippen molar-refractivity contribution >= 4 is 21.8 Å². The minimum Gasteiger partial charge on any atom is -0.316 e. The van der Waals surface area contributed by atoms with Crippen molar-refractivity contribution in [2.45, 2.75) is 11.4 Å². The summed E-state index contributed by atoms with van der Waals surface area (Å²) >= 11 is 1.54. The summed E-state index contributed by atoms with van der Waals surface area (Å²) in [6.45, 7) is 0.706. The summed E-state index contributed by atoms with van der Waals surface area (Å²) in [5.74, 6) is 0.121. The van der Waals surface area contributed by atoms with E-state index in [-0.39, 0.29) is 4.90 Å². The summed E-state index contributed by atoms with van der Waals surface area (Å²) in [5.41, 5.74) is 0.551. The lowest BCUT2D eigenvalue weighted by atomic mass is 10.2. The van der Waals surface area contributed by atoms with E-state index in [2.05, 4.69) is 10.0 Å². The van der Waals surface area contributed by atoms with E-state index >= 15 is 0 Å². The normalized spacial score (nSPS) is 11.7. The molecule has 0 heterocycles. The summed E-state index contributed by atoms with van der Waals surface area (Å²) in [7, 11) is -1.94. The highest BCUT2D eigenvalue weighted by molar-refractivity contribution is 7.98. The Morgan fingerprint density at radius 3 is 2.72 bits per heavy atom. The van der Waals surface area contributed by atoms with Gasteiger partial charge in [-0.15, -0.1) is 0 Å². The van der Waals surface area contributed by atoms with Crippen LogP contribution in [0.4, 0.5) is 4.39 Å². The predicted octanol–water partition coefficient (Wildman–Crippen LogP) is 1.19. The largest absolute Gasteiger partial charge is 0.316 e. The molecule has 2 N–H and O–H groups in total. The van der Waals surface area contributed by atoms with Gasteiger partial charge in [0.25, 0.3) is 0 Å². The zero-order valence-electron chi connectivity index (χ0n) is 10.4. The molecule has 0 amide bonds. The minimum absolute atomic E-state index is 0.00190. The number of hydrogen-bond acceptors (Lipinski definition) is 4. The smallest absolute Gasteiger partial charge is 0.241 e. The van der Waals surface area contributed by atoms with Crippen molar-refractivity contribution in [3.63, 3.8) is 0 Å². The average molecular weight is 292 g/mol. The number of hydrogen-bond donors (Lipinski definition) is 2. The fraction of sp³-hybridized carbons (Fsp3) is 0.455. The van der Waals surface area contributed by atoms with Crippen LogP contribution in [-0.4, -0.2) is 34.0 Å². The maximum Gasteiger partial charge on any atom is 0.241 e. The zero-order chi connectivity index (χ0) is 13.6. The van der Waals surface area contributed by atoms with Crippen molar-refractivity contribution in [1.29, 1.82) is 0 Å². The van der Waals surface area contributed by atoms with Gasteiger partial charge in [0.15, 0.2) is 0 Å². The maximum atomic E-state index is 13.2. The average Bonchev–Trinajstić information content (AvgIpc) is 2.32. The molecule has 0 aliphatic rings. The Morgan fingerprint density at radius 1 is 1.39 bits per heavy atom. The van der Waals surface area contributed by atoms with Crippen LogP contribution < -0.4 is 10.0 Å². The van der Waals surface area contributed by atoms with Gasteiger partial charge in [-0.3, -0.25) is 0 Å². The van der Waals surface area contributed by atoms with Gasteiger partial charge in [0, 0.05) is 18.8 Å². The lowest BCUT2D eigenvalue weighted by molar-refractivity contribution is 0.577. The number of thioether (sulfide) groups is 1. The second-order valence-corrected chi connectivity index (χ2v) is 6.39. The van der Waals surface area contributed by atoms with Crippen LogP contribution in [0.2, 0.25) is 0 Å². The van der Waals surface area contributed by atoms with E-state index in [4.69, 9.17) is 0 Å². The fourth-order valence-corrected chi connectivity index (χ4v) is 3.19. The second-order valence-electron chi connectivity index (χ2n) is 3.67. The lowest BCUT2D eigenvalue weighted by Crippen LogP contribution is -2.27. The lowest BCUT2D eigenvalue weighted by Gasteiger charge is -2.11. The highest BCUT2D eigenvalue weighted by atomic mass is 32.2. The minimum atomic E-state index is -3.65. The van der Waals surface area contributed by atoms with Crippen LogP contribution in [0, 0.1) is 5.82 Å². The van der Waals surface area contributed by atoms with Gasteiger partial charge >= 0.3 is 0 Å². The van der Waals surface area contributed by atoms with Gasteiger partial charge in [-0.05, 0) is 31.0 Å². The zero-order valence-corrected chi connectivity index (χ0v) is 12.0. The summed E-state index contributed by atoms with van der Waals surface area (Å²) in [5, 5.41) is 2.86. The SMILES string of the molecule is CNCc1ccc(F)cc1S(=O)(=O)NCCSC. The van der Waals surface area contributed by atoms with Crippen LogP contribution in [0.15, 0.2) is 23.1 Å². The third-order valence-corrected chi connectivity index (χ3v) is 4.44. The highest BCUT2D eigenvalue weighted by Crippen LogP contribution is 2.17. The molecule has 4 nitrogen and oxygen atoms in total. The van der Waals surface area contributed by atoms with Crippen molar-refractivity contribution in [2.75, 3.05) is 25.6 Å². The van der Waals surface area contributed by atoms with E-state index < -0.39 is 15.8 Å².